The summed E-state index contributed by atoms with van der Waals surface area (Å²) in [6.45, 7) is 0. The standard InChI is InChI=1S/C69H41N5S2/c1-5-17-42(18-6-1)67-70-68(43-19-7-2-8-20-43)72-69(71-67)58-35-44(45-30-33-52-56-38-61-54(40-65(56)75-63(52)36-45)50-25-13-15-27-59(50)73(61)47-21-9-3-10-22-47)29-32-49(58)46-31-34-53-57-39-62-55(41-66(57)76-64(53)37-46)51-26-14-16-28-60(51)74(62)48-23-11-4-12-24-48/h1-41H. The smallest absolute Gasteiger partial charge is 0.164 e. The number of fused-ring (bicyclic) bond motifs is 12. The molecule has 0 bridgehead atoms. The van der Waals surface area contributed by atoms with Crippen molar-refractivity contribution in [1.29, 1.82) is 0 Å². The summed E-state index contributed by atoms with van der Waals surface area (Å²) < 4.78 is 9.83. The molecule has 16 rings (SSSR count). The van der Waals surface area contributed by atoms with Crippen LogP contribution >= 0.6 is 22.7 Å². The van der Waals surface area contributed by atoms with Gasteiger partial charge in [-0.2, -0.15) is 0 Å². The minimum Gasteiger partial charge on any atom is -0.309 e. The van der Waals surface area contributed by atoms with E-state index in [1.54, 1.807) is 0 Å². The third-order valence-corrected chi connectivity index (χ3v) is 17.4. The molecular weight excluding hydrogens is 963 g/mol. The van der Waals surface area contributed by atoms with E-state index in [9.17, 15) is 0 Å². The Hall–Kier alpha value is -9.53. The molecule has 0 atom stereocenters. The van der Waals surface area contributed by atoms with Crippen LogP contribution in [0.1, 0.15) is 0 Å². The SMILES string of the molecule is c1ccc(-c2nc(-c3ccccc3)nc(-c3cc(-c4ccc5c(c4)sc4cc6c7ccccc7n(-c7ccccc7)c6cc45)ccc3-c3ccc4c(c3)sc3cc5c6ccccc6n(-c6ccccc6)c5cc34)n2)cc1. The van der Waals surface area contributed by atoms with E-state index in [2.05, 4.69) is 221 Å². The summed E-state index contributed by atoms with van der Waals surface area (Å²) in [7, 11) is 0. The Bertz CT molecular complexity index is 4920. The Morgan fingerprint density at radius 3 is 1.17 bits per heavy atom. The molecule has 0 N–H and O–H groups in total. The lowest BCUT2D eigenvalue weighted by Crippen LogP contribution is -2.01. The molecule has 5 aromatic heterocycles. The van der Waals surface area contributed by atoms with E-state index in [0.717, 1.165) is 50.3 Å². The van der Waals surface area contributed by atoms with Crippen LogP contribution in [0.15, 0.2) is 249 Å². The molecule has 0 aliphatic heterocycles. The van der Waals surface area contributed by atoms with Crippen molar-refractivity contribution in [3.63, 3.8) is 0 Å². The maximum absolute atomic E-state index is 5.33. The monoisotopic (exact) mass is 1000 g/mol. The molecule has 7 heteroatoms. The maximum Gasteiger partial charge on any atom is 0.164 e. The van der Waals surface area contributed by atoms with Gasteiger partial charge in [0, 0.05) is 90.0 Å². The second-order valence-electron chi connectivity index (χ2n) is 19.5. The summed E-state index contributed by atoms with van der Waals surface area (Å²) in [5.41, 5.74) is 14.4. The minimum atomic E-state index is 0.623. The first kappa shape index (κ1) is 42.9. The summed E-state index contributed by atoms with van der Waals surface area (Å²) >= 11 is 3.71. The number of benzene rings is 11. The van der Waals surface area contributed by atoms with Gasteiger partial charge < -0.3 is 9.13 Å². The molecule has 0 radical (unpaired) electrons. The Morgan fingerprint density at radius 1 is 0.237 bits per heavy atom. The molecule has 0 saturated carbocycles. The molecule has 5 nitrogen and oxygen atoms in total. The van der Waals surface area contributed by atoms with Gasteiger partial charge in [-0.1, -0.05) is 170 Å². The van der Waals surface area contributed by atoms with Crippen LogP contribution in [0.25, 0.3) is 152 Å². The number of para-hydroxylation sites is 4. The van der Waals surface area contributed by atoms with E-state index < -0.39 is 0 Å². The summed E-state index contributed by atoms with van der Waals surface area (Å²) in [5.74, 6) is 1.89. The number of aromatic nitrogens is 5. The normalized spacial score (nSPS) is 11.9. The van der Waals surface area contributed by atoms with Gasteiger partial charge in [0.15, 0.2) is 17.5 Å². The first-order valence-corrected chi connectivity index (χ1v) is 27.2. The zero-order valence-electron chi connectivity index (χ0n) is 40.7. The molecule has 16 aromatic rings. The zero-order valence-corrected chi connectivity index (χ0v) is 42.4. The van der Waals surface area contributed by atoms with E-state index in [0.29, 0.717) is 17.5 Å². The molecule has 0 amide bonds. The van der Waals surface area contributed by atoms with Crippen LogP contribution in [0.4, 0.5) is 0 Å². The number of rotatable bonds is 7. The van der Waals surface area contributed by atoms with Crippen molar-refractivity contribution in [1.82, 2.24) is 24.1 Å². The lowest BCUT2D eigenvalue weighted by Gasteiger charge is -2.14. The van der Waals surface area contributed by atoms with Crippen LogP contribution in [-0.2, 0) is 0 Å². The molecule has 0 saturated heterocycles. The van der Waals surface area contributed by atoms with Gasteiger partial charge in [-0.15, -0.1) is 22.7 Å². The number of nitrogens with zero attached hydrogens (tertiary/aromatic N) is 5. The topological polar surface area (TPSA) is 48.5 Å². The molecule has 354 valence electrons. The number of hydrogen-bond donors (Lipinski definition) is 0. The summed E-state index contributed by atoms with van der Waals surface area (Å²) in [6.07, 6.45) is 0. The predicted molar refractivity (Wildman–Crippen MR) is 321 cm³/mol. The molecule has 11 aromatic carbocycles. The van der Waals surface area contributed by atoms with Crippen LogP contribution in [0.2, 0.25) is 0 Å². The highest BCUT2D eigenvalue weighted by Gasteiger charge is 2.21. The van der Waals surface area contributed by atoms with E-state index in [4.69, 9.17) is 15.0 Å². The Morgan fingerprint density at radius 2 is 0.645 bits per heavy atom. The van der Waals surface area contributed by atoms with Crippen LogP contribution in [0.3, 0.4) is 0 Å². The molecular formula is C69H41N5S2. The fourth-order valence-electron chi connectivity index (χ4n) is 11.6. The molecule has 0 spiro atoms. The van der Waals surface area contributed by atoms with Crippen molar-refractivity contribution >= 4 is 107 Å². The molecule has 0 unspecified atom stereocenters. The third kappa shape index (κ3) is 6.80. The molecule has 0 aliphatic rings. The highest BCUT2D eigenvalue weighted by molar-refractivity contribution is 7.26. The van der Waals surface area contributed by atoms with Gasteiger partial charge in [0.1, 0.15) is 0 Å². The summed E-state index contributed by atoms with van der Waals surface area (Å²) in [6, 6.07) is 89.7. The third-order valence-electron chi connectivity index (χ3n) is 15.2. The first-order valence-electron chi connectivity index (χ1n) is 25.6. The van der Waals surface area contributed by atoms with Gasteiger partial charge in [0.05, 0.1) is 22.1 Å². The Labute approximate surface area is 444 Å². The van der Waals surface area contributed by atoms with E-state index in [-0.39, 0.29) is 0 Å². The van der Waals surface area contributed by atoms with Crippen molar-refractivity contribution in [3.05, 3.63) is 249 Å². The van der Waals surface area contributed by atoms with Crippen LogP contribution in [0, 0.1) is 0 Å². The molecule has 0 aliphatic carbocycles. The van der Waals surface area contributed by atoms with Gasteiger partial charge >= 0.3 is 0 Å². The first-order chi connectivity index (χ1) is 37.6. The van der Waals surface area contributed by atoms with E-state index >= 15 is 0 Å². The molecule has 5 heterocycles. The van der Waals surface area contributed by atoms with Crippen LogP contribution in [0.5, 0.6) is 0 Å². The predicted octanol–water partition coefficient (Wildman–Crippen LogP) is 19.1. The second-order valence-corrected chi connectivity index (χ2v) is 21.7. The second kappa shape index (κ2) is 17.0. The minimum absolute atomic E-state index is 0.623. The van der Waals surface area contributed by atoms with Crippen molar-refractivity contribution in [2.75, 3.05) is 0 Å². The Balaban J connectivity index is 0.878. The molecule has 0 fully saturated rings. The average Bonchev–Trinajstić information content (AvgIpc) is 4.25. The van der Waals surface area contributed by atoms with Crippen molar-refractivity contribution in [2.24, 2.45) is 0 Å². The van der Waals surface area contributed by atoms with E-state index in [1.807, 2.05) is 59.1 Å². The summed E-state index contributed by atoms with van der Waals surface area (Å²) in [5, 5.41) is 10.0. The average molecular weight is 1000 g/mol. The van der Waals surface area contributed by atoms with Gasteiger partial charge in [-0.3, -0.25) is 0 Å². The van der Waals surface area contributed by atoms with E-state index in [1.165, 1.54) is 84.0 Å². The summed E-state index contributed by atoms with van der Waals surface area (Å²) in [4.78, 5) is 15.8. The Kier molecular flexibility index (Phi) is 9.61. The van der Waals surface area contributed by atoms with Gasteiger partial charge in [-0.25, -0.2) is 15.0 Å². The lowest BCUT2D eigenvalue weighted by molar-refractivity contribution is 1.07. The van der Waals surface area contributed by atoms with Crippen molar-refractivity contribution < 1.29 is 0 Å². The lowest BCUT2D eigenvalue weighted by atomic mass is 9.93. The maximum atomic E-state index is 5.33. The van der Waals surface area contributed by atoms with Gasteiger partial charge in [0.25, 0.3) is 0 Å². The van der Waals surface area contributed by atoms with Crippen molar-refractivity contribution in [3.8, 4) is 67.8 Å². The number of hydrogen-bond acceptors (Lipinski definition) is 5. The van der Waals surface area contributed by atoms with Crippen molar-refractivity contribution in [2.45, 2.75) is 0 Å². The fraction of sp³-hybridized carbons (Fsp3) is 0. The van der Waals surface area contributed by atoms with Gasteiger partial charge in [-0.05, 0) is 101 Å². The van der Waals surface area contributed by atoms with Crippen LogP contribution in [-0.4, -0.2) is 24.1 Å². The fourth-order valence-corrected chi connectivity index (χ4v) is 14.0. The quantitative estimate of drug-likeness (QED) is 0.160. The highest BCUT2D eigenvalue weighted by Crippen LogP contribution is 2.46. The highest BCUT2D eigenvalue weighted by atomic mass is 32.1. The largest absolute Gasteiger partial charge is 0.309 e. The zero-order chi connectivity index (χ0) is 49.8. The van der Waals surface area contributed by atoms with Crippen LogP contribution < -0.4 is 0 Å². The van der Waals surface area contributed by atoms with Gasteiger partial charge in [0.2, 0.25) is 0 Å². The number of thiophene rings is 2. The molecule has 76 heavy (non-hydrogen) atoms.